The third-order valence-electron chi connectivity index (χ3n) is 7.92. The molecule has 1 unspecified atom stereocenters. The maximum Gasteiger partial charge on any atom is 0.271 e. The van der Waals surface area contributed by atoms with Crippen molar-refractivity contribution >= 4 is 17.2 Å². The lowest BCUT2D eigenvalue weighted by molar-refractivity contribution is -0.384. The quantitative estimate of drug-likeness (QED) is 0.255. The molecule has 42 heavy (non-hydrogen) atoms. The number of non-ortho nitro benzene ring substituents is 1. The molecular weight excluding hydrogens is 535 g/mol. The zero-order chi connectivity index (χ0) is 30.3. The second-order valence-corrected chi connectivity index (χ2v) is 11.6. The molecule has 0 saturated heterocycles. The number of rotatable bonds is 6. The van der Waals surface area contributed by atoms with Crippen LogP contribution >= 0.6 is 0 Å². The molecular formula is C33H31FN4O4. The van der Waals surface area contributed by atoms with Gasteiger partial charge in [-0.1, -0.05) is 32.0 Å². The predicted octanol–water partition coefficient (Wildman–Crippen LogP) is 6.87. The molecule has 5 rings (SSSR count). The first-order chi connectivity index (χ1) is 19.9. The molecule has 0 amide bonds. The summed E-state index contributed by atoms with van der Waals surface area (Å²) in [6.07, 6.45) is 0.771. The number of carbonyl (C=O) groups is 1. The summed E-state index contributed by atoms with van der Waals surface area (Å²) in [6, 6.07) is 18.0. The van der Waals surface area contributed by atoms with Gasteiger partial charge >= 0.3 is 0 Å². The number of ether oxygens (including phenoxy) is 1. The Hall–Kier alpha value is -4.97. The van der Waals surface area contributed by atoms with E-state index in [4.69, 9.17) is 10.5 Å². The number of halogens is 1. The molecule has 1 heterocycles. The van der Waals surface area contributed by atoms with Gasteiger partial charge in [0.15, 0.2) is 5.78 Å². The third-order valence-corrected chi connectivity index (χ3v) is 7.92. The first-order valence-corrected chi connectivity index (χ1v) is 13.6. The Morgan fingerprint density at radius 3 is 2.50 bits per heavy atom. The Labute approximate surface area is 243 Å². The summed E-state index contributed by atoms with van der Waals surface area (Å²) in [4.78, 5) is 26.6. The van der Waals surface area contributed by atoms with E-state index in [-0.39, 0.29) is 47.1 Å². The molecule has 1 atom stereocenters. The Bertz CT molecular complexity index is 1720. The molecule has 1 aliphatic heterocycles. The molecule has 0 bridgehead atoms. The summed E-state index contributed by atoms with van der Waals surface area (Å²) in [5.74, 6) is -0.513. The number of nitro groups is 1. The van der Waals surface area contributed by atoms with Crippen molar-refractivity contribution in [2.75, 3.05) is 4.90 Å². The number of aryl methyl sites for hydroxylation is 2. The van der Waals surface area contributed by atoms with Gasteiger partial charge in [0.1, 0.15) is 24.0 Å². The molecule has 0 saturated carbocycles. The van der Waals surface area contributed by atoms with Crippen molar-refractivity contribution in [1.82, 2.24) is 0 Å². The molecule has 8 nitrogen and oxygen atoms in total. The summed E-state index contributed by atoms with van der Waals surface area (Å²) < 4.78 is 19.3. The zero-order valence-electron chi connectivity index (χ0n) is 23.9. The van der Waals surface area contributed by atoms with E-state index in [0.29, 0.717) is 29.1 Å². The van der Waals surface area contributed by atoms with Gasteiger partial charge < -0.3 is 10.5 Å². The molecule has 0 fully saturated rings. The van der Waals surface area contributed by atoms with Gasteiger partial charge in [-0.05, 0) is 78.3 Å². The highest BCUT2D eigenvalue weighted by Gasteiger charge is 2.45. The van der Waals surface area contributed by atoms with Crippen molar-refractivity contribution in [1.29, 1.82) is 5.26 Å². The highest BCUT2D eigenvalue weighted by Crippen LogP contribution is 2.51. The van der Waals surface area contributed by atoms with E-state index < -0.39 is 10.8 Å². The molecule has 1 aliphatic carbocycles. The van der Waals surface area contributed by atoms with Gasteiger partial charge in [0, 0.05) is 29.8 Å². The number of benzene rings is 3. The largest absolute Gasteiger partial charge is 0.489 e. The Kier molecular flexibility index (Phi) is 7.33. The standard InChI is InChI=1S/C33H31FN4O4/c1-19-12-20(2)26(13-21(19)18-42-25-10-8-22(34)9-11-25)30-27(17-35)32(36)37(23-6-5-7-24(14-23)38(40)41)28-15-33(3,4)16-29(39)31(28)30/h5-14,30H,15-16,18,36H2,1-4H3. The average molecular weight is 567 g/mol. The summed E-state index contributed by atoms with van der Waals surface area (Å²) in [5, 5.41) is 22.0. The van der Waals surface area contributed by atoms with Gasteiger partial charge in [-0.2, -0.15) is 5.26 Å². The first-order valence-electron chi connectivity index (χ1n) is 13.6. The maximum absolute atomic E-state index is 13.9. The number of nitrogens with two attached hydrogens (primary N) is 1. The fourth-order valence-electron chi connectivity index (χ4n) is 5.94. The third kappa shape index (κ3) is 5.23. The van der Waals surface area contributed by atoms with Gasteiger partial charge in [-0.3, -0.25) is 19.8 Å². The monoisotopic (exact) mass is 566 g/mol. The van der Waals surface area contributed by atoms with Crippen LogP contribution in [-0.2, 0) is 11.4 Å². The van der Waals surface area contributed by atoms with E-state index in [1.807, 2.05) is 39.8 Å². The molecule has 2 N–H and O–H groups in total. The minimum atomic E-state index is -0.714. The van der Waals surface area contributed by atoms with Crippen LogP contribution in [-0.4, -0.2) is 10.7 Å². The average Bonchev–Trinajstić information content (AvgIpc) is 2.92. The van der Waals surface area contributed by atoms with Crippen LogP contribution in [0.2, 0.25) is 0 Å². The molecule has 0 radical (unpaired) electrons. The number of Topliss-reactive ketones (excluding diaryl/α,β-unsaturated/α-hetero) is 1. The molecule has 2 aliphatic rings. The molecule has 0 spiro atoms. The first kappa shape index (κ1) is 28.6. The van der Waals surface area contributed by atoms with Crippen LogP contribution in [0, 0.1) is 46.5 Å². The van der Waals surface area contributed by atoms with Crippen molar-refractivity contribution in [3.8, 4) is 11.8 Å². The summed E-state index contributed by atoms with van der Waals surface area (Å²) >= 11 is 0. The summed E-state index contributed by atoms with van der Waals surface area (Å²) in [6.45, 7) is 8.08. The van der Waals surface area contributed by atoms with Gasteiger partial charge in [0.25, 0.3) is 5.69 Å². The van der Waals surface area contributed by atoms with Crippen LogP contribution in [0.3, 0.4) is 0 Å². The number of carbonyl (C=O) groups excluding carboxylic acids is 1. The predicted molar refractivity (Wildman–Crippen MR) is 157 cm³/mol. The van der Waals surface area contributed by atoms with Crippen LogP contribution in [0.1, 0.15) is 54.9 Å². The van der Waals surface area contributed by atoms with E-state index in [1.165, 1.54) is 24.3 Å². The van der Waals surface area contributed by atoms with Gasteiger partial charge in [0.05, 0.1) is 28.2 Å². The number of nitro benzene ring substituents is 1. The Morgan fingerprint density at radius 2 is 1.83 bits per heavy atom. The van der Waals surface area contributed by atoms with Gasteiger partial charge in [-0.15, -0.1) is 0 Å². The lowest BCUT2D eigenvalue weighted by atomic mass is 9.68. The van der Waals surface area contributed by atoms with Crippen LogP contribution in [0.4, 0.5) is 15.8 Å². The van der Waals surface area contributed by atoms with Crippen LogP contribution in [0.25, 0.3) is 0 Å². The van der Waals surface area contributed by atoms with Crippen molar-refractivity contribution < 1.29 is 18.8 Å². The van der Waals surface area contributed by atoms with E-state index in [0.717, 1.165) is 22.3 Å². The number of ketones is 1. The maximum atomic E-state index is 13.9. The van der Waals surface area contributed by atoms with E-state index in [2.05, 4.69) is 6.07 Å². The van der Waals surface area contributed by atoms with E-state index >= 15 is 0 Å². The number of anilines is 1. The van der Waals surface area contributed by atoms with Crippen molar-refractivity contribution in [3.05, 3.63) is 122 Å². The fraction of sp³-hybridized carbons (Fsp3) is 0.273. The highest BCUT2D eigenvalue weighted by atomic mass is 19.1. The van der Waals surface area contributed by atoms with Gasteiger partial charge in [0.2, 0.25) is 0 Å². The van der Waals surface area contributed by atoms with Crippen LogP contribution in [0.5, 0.6) is 5.75 Å². The number of hydrogen-bond donors (Lipinski definition) is 1. The van der Waals surface area contributed by atoms with Gasteiger partial charge in [-0.25, -0.2) is 4.39 Å². The van der Waals surface area contributed by atoms with Crippen molar-refractivity contribution in [3.63, 3.8) is 0 Å². The Morgan fingerprint density at radius 1 is 1.12 bits per heavy atom. The number of nitrogens with zero attached hydrogens (tertiary/aromatic N) is 3. The molecule has 3 aromatic rings. The second kappa shape index (κ2) is 10.8. The summed E-state index contributed by atoms with van der Waals surface area (Å²) in [5.41, 5.74) is 11.4. The second-order valence-electron chi connectivity index (χ2n) is 11.6. The fourth-order valence-corrected chi connectivity index (χ4v) is 5.94. The lowest BCUT2D eigenvalue weighted by Gasteiger charge is -2.44. The summed E-state index contributed by atoms with van der Waals surface area (Å²) in [7, 11) is 0. The van der Waals surface area contributed by atoms with Crippen molar-refractivity contribution in [2.24, 2.45) is 11.1 Å². The molecule has 3 aromatic carbocycles. The van der Waals surface area contributed by atoms with Crippen LogP contribution < -0.4 is 15.4 Å². The normalized spacial score (nSPS) is 18.0. The molecule has 9 heteroatoms. The van der Waals surface area contributed by atoms with E-state index in [9.17, 15) is 24.6 Å². The number of hydrogen-bond acceptors (Lipinski definition) is 7. The smallest absolute Gasteiger partial charge is 0.271 e. The number of allylic oxidation sites excluding steroid dienone is 3. The Balaban J connectivity index is 1.67. The highest BCUT2D eigenvalue weighted by molar-refractivity contribution is 6.01. The lowest BCUT2D eigenvalue weighted by Crippen LogP contribution is -2.42. The SMILES string of the molecule is Cc1cc(C)c(C2C(C#N)=C(N)N(c3cccc([N+](=O)[O-])c3)C3=C2C(=O)CC(C)(C)C3)cc1COc1ccc(F)cc1. The topological polar surface area (TPSA) is 122 Å². The molecule has 0 aromatic heterocycles. The van der Waals surface area contributed by atoms with Crippen molar-refractivity contribution in [2.45, 2.75) is 53.1 Å². The van der Waals surface area contributed by atoms with Crippen LogP contribution in [0.15, 0.2) is 83.3 Å². The minimum absolute atomic E-state index is 0.0916. The minimum Gasteiger partial charge on any atom is -0.489 e. The molecule has 214 valence electrons. The van der Waals surface area contributed by atoms with E-state index in [1.54, 1.807) is 29.2 Å². The zero-order valence-corrected chi connectivity index (χ0v) is 23.9. The number of nitriles is 1.